The predicted octanol–water partition coefficient (Wildman–Crippen LogP) is 3.01. The van der Waals surface area contributed by atoms with Crippen molar-refractivity contribution in [2.45, 2.75) is 18.9 Å². The van der Waals surface area contributed by atoms with Crippen molar-refractivity contribution in [1.82, 2.24) is 0 Å². The predicted molar refractivity (Wildman–Crippen MR) is 77.4 cm³/mol. The van der Waals surface area contributed by atoms with E-state index < -0.39 is 0 Å². The van der Waals surface area contributed by atoms with E-state index in [9.17, 15) is 10.1 Å². The lowest BCUT2D eigenvalue weighted by atomic mass is 9.93. The molecule has 0 amide bonds. The van der Waals surface area contributed by atoms with Crippen molar-refractivity contribution in [2.75, 3.05) is 0 Å². The van der Waals surface area contributed by atoms with Gasteiger partial charge < -0.3 is 5.73 Å². The summed E-state index contributed by atoms with van der Waals surface area (Å²) in [5.41, 5.74) is 9.78. The second-order valence-corrected chi connectivity index (χ2v) is 5.32. The lowest BCUT2D eigenvalue weighted by molar-refractivity contribution is -0.384. The third kappa shape index (κ3) is 2.30. The first-order valence-electron chi connectivity index (χ1n) is 6.72. The molecule has 0 heterocycles. The lowest BCUT2D eigenvalue weighted by Gasteiger charge is -2.15. The first-order chi connectivity index (χ1) is 9.65. The van der Waals surface area contributed by atoms with E-state index in [1.165, 1.54) is 5.56 Å². The van der Waals surface area contributed by atoms with Gasteiger partial charge in [-0.1, -0.05) is 36.4 Å². The van der Waals surface area contributed by atoms with Gasteiger partial charge in [-0.25, -0.2) is 0 Å². The molecule has 2 unspecified atom stereocenters. The Morgan fingerprint density at radius 1 is 1.20 bits per heavy atom. The number of rotatable bonds is 3. The maximum atomic E-state index is 10.8. The SMILES string of the molecule is NC1c2ccc([N+](=O)[O-])cc2CC1Cc1ccccc1. The fourth-order valence-electron chi connectivity index (χ4n) is 2.99. The van der Waals surface area contributed by atoms with Crippen molar-refractivity contribution in [3.63, 3.8) is 0 Å². The Hall–Kier alpha value is -2.20. The molecule has 0 aromatic heterocycles. The average molecular weight is 268 g/mol. The van der Waals surface area contributed by atoms with Crippen LogP contribution in [-0.2, 0) is 12.8 Å². The maximum Gasteiger partial charge on any atom is 0.269 e. The molecule has 0 saturated heterocycles. The number of hydrogen-bond donors (Lipinski definition) is 1. The van der Waals surface area contributed by atoms with E-state index in [2.05, 4.69) is 12.1 Å². The molecule has 102 valence electrons. The van der Waals surface area contributed by atoms with E-state index in [0.29, 0.717) is 5.92 Å². The van der Waals surface area contributed by atoms with Gasteiger partial charge in [0.2, 0.25) is 0 Å². The molecule has 3 rings (SSSR count). The summed E-state index contributed by atoms with van der Waals surface area (Å²) in [6, 6.07) is 15.2. The monoisotopic (exact) mass is 268 g/mol. The fraction of sp³-hybridized carbons (Fsp3) is 0.250. The van der Waals surface area contributed by atoms with Crippen LogP contribution in [0.25, 0.3) is 0 Å². The Balaban J connectivity index is 1.83. The van der Waals surface area contributed by atoms with Gasteiger partial charge in [0, 0.05) is 18.2 Å². The van der Waals surface area contributed by atoms with Crippen molar-refractivity contribution < 1.29 is 4.92 Å². The Labute approximate surface area is 117 Å². The topological polar surface area (TPSA) is 69.2 Å². The minimum absolute atomic E-state index is 0.0361. The smallest absolute Gasteiger partial charge is 0.269 e. The molecule has 0 saturated carbocycles. The first-order valence-corrected chi connectivity index (χ1v) is 6.72. The van der Waals surface area contributed by atoms with Gasteiger partial charge in [0.25, 0.3) is 5.69 Å². The van der Waals surface area contributed by atoms with E-state index >= 15 is 0 Å². The zero-order chi connectivity index (χ0) is 14.1. The molecule has 0 bridgehead atoms. The van der Waals surface area contributed by atoms with Crippen LogP contribution >= 0.6 is 0 Å². The summed E-state index contributed by atoms with van der Waals surface area (Å²) in [5.74, 6) is 0.314. The second-order valence-electron chi connectivity index (χ2n) is 5.32. The Morgan fingerprint density at radius 3 is 2.65 bits per heavy atom. The van der Waals surface area contributed by atoms with Gasteiger partial charge in [-0.15, -0.1) is 0 Å². The highest BCUT2D eigenvalue weighted by molar-refractivity contribution is 5.44. The summed E-state index contributed by atoms with van der Waals surface area (Å²) in [4.78, 5) is 10.5. The molecule has 0 aliphatic heterocycles. The summed E-state index contributed by atoms with van der Waals surface area (Å²) in [6.07, 6.45) is 1.72. The number of nitro benzene ring substituents is 1. The van der Waals surface area contributed by atoms with Crippen LogP contribution in [0.4, 0.5) is 5.69 Å². The molecule has 2 N–H and O–H groups in total. The van der Waals surface area contributed by atoms with E-state index in [0.717, 1.165) is 24.0 Å². The van der Waals surface area contributed by atoms with Gasteiger partial charge in [-0.2, -0.15) is 0 Å². The van der Waals surface area contributed by atoms with Crippen LogP contribution in [-0.4, -0.2) is 4.92 Å². The molecule has 4 nitrogen and oxygen atoms in total. The summed E-state index contributed by atoms with van der Waals surface area (Å²) < 4.78 is 0. The van der Waals surface area contributed by atoms with E-state index in [4.69, 9.17) is 5.73 Å². The van der Waals surface area contributed by atoms with Crippen LogP contribution in [0, 0.1) is 16.0 Å². The zero-order valence-corrected chi connectivity index (χ0v) is 11.0. The third-order valence-corrected chi connectivity index (χ3v) is 4.03. The minimum atomic E-state index is -0.351. The zero-order valence-electron chi connectivity index (χ0n) is 11.0. The first kappa shape index (κ1) is 12.8. The summed E-state index contributed by atoms with van der Waals surface area (Å²) in [5, 5.41) is 10.8. The normalized spacial score (nSPS) is 20.6. The number of hydrogen-bond acceptors (Lipinski definition) is 3. The molecule has 0 radical (unpaired) electrons. The number of nitrogens with zero attached hydrogens (tertiary/aromatic N) is 1. The highest BCUT2D eigenvalue weighted by Gasteiger charge is 2.30. The maximum absolute atomic E-state index is 10.8. The van der Waals surface area contributed by atoms with Gasteiger partial charge in [-0.3, -0.25) is 10.1 Å². The molecular formula is C16H16N2O2. The van der Waals surface area contributed by atoms with Crippen molar-refractivity contribution in [2.24, 2.45) is 11.7 Å². The second kappa shape index (κ2) is 5.06. The third-order valence-electron chi connectivity index (χ3n) is 4.03. The number of non-ortho nitro benzene ring substituents is 1. The Kier molecular flexibility index (Phi) is 3.24. The lowest BCUT2D eigenvalue weighted by Crippen LogP contribution is -2.18. The van der Waals surface area contributed by atoms with Gasteiger partial charge in [-0.05, 0) is 35.4 Å². The number of fused-ring (bicyclic) bond motifs is 1. The molecule has 2 aromatic carbocycles. The van der Waals surface area contributed by atoms with E-state index in [-0.39, 0.29) is 16.7 Å². The molecule has 1 aliphatic rings. The standard InChI is InChI=1S/C16H16N2O2/c17-16-13(8-11-4-2-1-3-5-11)9-12-10-14(18(19)20)6-7-15(12)16/h1-7,10,13,16H,8-9,17H2. The molecule has 2 aromatic rings. The summed E-state index contributed by atoms with van der Waals surface area (Å²) >= 11 is 0. The van der Waals surface area contributed by atoms with Crippen LogP contribution < -0.4 is 5.73 Å². The molecule has 20 heavy (non-hydrogen) atoms. The van der Waals surface area contributed by atoms with Crippen LogP contribution in [0.3, 0.4) is 0 Å². The minimum Gasteiger partial charge on any atom is -0.324 e. The van der Waals surface area contributed by atoms with Crippen LogP contribution in [0.2, 0.25) is 0 Å². The Morgan fingerprint density at radius 2 is 1.95 bits per heavy atom. The molecule has 2 atom stereocenters. The van der Waals surface area contributed by atoms with E-state index in [1.54, 1.807) is 12.1 Å². The van der Waals surface area contributed by atoms with E-state index in [1.807, 2.05) is 24.3 Å². The average Bonchev–Trinajstić information content (AvgIpc) is 2.76. The van der Waals surface area contributed by atoms with Crippen molar-refractivity contribution in [3.05, 3.63) is 75.3 Å². The highest BCUT2D eigenvalue weighted by atomic mass is 16.6. The van der Waals surface area contributed by atoms with Crippen molar-refractivity contribution in [3.8, 4) is 0 Å². The summed E-state index contributed by atoms with van der Waals surface area (Å²) in [6.45, 7) is 0. The highest BCUT2D eigenvalue weighted by Crippen LogP contribution is 2.37. The molecule has 4 heteroatoms. The molecule has 0 spiro atoms. The Bertz CT molecular complexity index is 640. The van der Waals surface area contributed by atoms with Crippen LogP contribution in [0.5, 0.6) is 0 Å². The molecule has 0 fully saturated rings. The largest absolute Gasteiger partial charge is 0.324 e. The van der Waals surface area contributed by atoms with Gasteiger partial charge >= 0.3 is 0 Å². The summed E-state index contributed by atoms with van der Waals surface area (Å²) in [7, 11) is 0. The number of benzene rings is 2. The van der Waals surface area contributed by atoms with Gasteiger partial charge in [0.05, 0.1) is 4.92 Å². The quantitative estimate of drug-likeness (QED) is 0.687. The number of nitro groups is 1. The van der Waals surface area contributed by atoms with Crippen LogP contribution in [0.1, 0.15) is 22.7 Å². The van der Waals surface area contributed by atoms with Gasteiger partial charge in [0.1, 0.15) is 0 Å². The number of nitrogens with two attached hydrogens (primary N) is 1. The van der Waals surface area contributed by atoms with Gasteiger partial charge in [0.15, 0.2) is 0 Å². The molecule has 1 aliphatic carbocycles. The fourth-order valence-corrected chi connectivity index (χ4v) is 2.99. The van der Waals surface area contributed by atoms with Crippen molar-refractivity contribution >= 4 is 5.69 Å². The molecular weight excluding hydrogens is 252 g/mol. The van der Waals surface area contributed by atoms with Crippen molar-refractivity contribution in [1.29, 1.82) is 0 Å². The van der Waals surface area contributed by atoms with Crippen LogP contribution in [0.15, 0.2) is 48.5 Å².